The van der Waals surface area contributed by atoms with E-state index in [4.69, 9.17) is 0 Å². The average Bonchev–Trinajstić information content (AvgIpc) is 2.39. The van der Waals surface area contributed by atoms with Crippen LogP contribution < -0.4 is 5.32 Å². The number of rotatable bonds is 2. The molecule has 1 aromatic heterocycles. The normalized spacial score (nSPS) is 19.1. The number of aromatic nitrogens is 1. The Morgan fingerprint density at radius 3 is 2.94 bits per heavy atom. The largest absolute Gasteiger partial charge is 0.359 e. The van der Waals surface area contributed by atoms with Crippen molar-refractivity contribution in [3.8, 4) is 0 Å². The smallest absolute Gasteiger partial charge is 0.226 e. The van der Waals surface area contributed by atoms with Gasteiger partial charge in [-0.1, -0.05) is 24.3 Å². The molecule has 1 aromatic rings. The lowest BCUT2D eigenvalue weighted by Gasteiger charge is -2.14. The zero-order chi connectivity index (χ0) is 11.4. The molecule has 1 N–H and O–H groups in total. The molecule has 82 valence electrons. The number of nitrogens with zero attached hydrogens (tertiary/aromatic N) is 1. The van der Waals surface area contributed by atoms with Crippen molar-refractivity contribution in [2.75, 3.05) is 7.05 Å². The lowest BCUT2D eigenvalue weighted by Crippen LogP contribution is -2.26. The quantitative estimate of drug-likeness (QED) is 0.815. The molecule has 0 bridgehead atoms. The third-order valence-electron chi connectivity index (χ3n) is 2.64. The standard InChI is InChI=1S/C13H14N2O/c1-14-13(16)11-7-5-10(6-8-11)12-4-2-3-9-15-12/h2-7,9,11H,8H2,1H3,(H,14,16). The second-order valence-corrected chi connectivity index (χ2v) is 3.69. The molecule has 1 atom stereocenters. The van der Waals surface area contributed by atoms with E-state index in [-0.39, 0.29) is 11.8 Å². The zero-order valence-electron chi connectivity index (χ0n) is 9.18. The van der Waals surface area contributed by atoms with E-state index >= 15 is 0 Å². The van der Waals surface area contributed by atoms with Crippen molar-refractivity contribution in [1.29, 1.82) is 0 Å². The van der Waals surface area contributed by atoms with Crippen molar-refractivity contribution in [2.24, 2.45) is 5.92 Å². The molecular formula is C13H14N2O. The molecule has 0 fully saturated rings. The van der Waals surface area contributed by atoms with Crippen LogP contribution in [0.5, 0.6) is 0 Å². The Balaban J connectivity index is 2.11. The molecule has 1 aliphatic carbocycles. The second-order valence-electron chi connectivity index (χ2n) is 3.69. The van der Waals surface area contributed by atoms with E-state index in [1.54, 1.807) is 13.2 Å². The number of carbonyl (C=O) groups is 1. The molecule has 1 heterocycles. The predicted molar refractivity (Wildman–Crippen MR) is 63.5 cm³/mol. The van der Waals surface area contributed by atoms with E-state index < -0.39 is 0 Å². The number of hydrogen-bond acceptors (Lipinski definition) is 2. The lowest BCUT2D eigenvalue weighted by molar-refractivity contribution is -0.123. The maximum absolute atomic E-state index is 11.4. The van der Waals surface area contributed by atoms with Gasteiger partial charge in [-0.25, -0.2) is 0 Å². The zero-order valence-corrected chi connectivity index (χ0v) is 9.18. The number of nitrogens with one attached hydrogen (secondary N) is 1. The van der Waals surface area contributed by atoms with E-state index in [1.165, 1.54) is 0 Å². The van der Waals surface area contributed by atoms with Crippen LogP contribution in [0, 0.1) is 5.92 Å². The Bertz CT molecular complexity index is 435. The van der Waals surface area contributed by atoms with E-state index in [1.807, 2.05) is 30.4 Å². The summed E-state index contributed by atoms with van der Waals surface area (Å²) in [6.45, 7) is 0. The van der Waals surface area contributed by atoms with Gasteiger partial charge in [0.2, 0.25) is 5.91 Å². The number of allylic oxidation sites excluding steroid dienone is 3. The van der Waals surface area contributed by atoms with Gasteiger partial charge in [0.05, 0.1) is 11.6 Å². The topological polar surface area (TPSA) is 42.0 Å². The van der Waals surface area contributed by atoms with Gasteiger partial charge >= 0.3 is 0 Å². The molecule has 3 heteroatoms. The highest BCUT2D eigenvalue weighted by molar-refractivity contribution is 5.83. The van der Waals surface area contributed by atoms with Crippen LogP contribution in [-0.4, -0.2) is 17.9 Å². The molecule has 0 saturated carbocycles. The molecule has 0 radical (unpaired) electrons. The van der Waals surface area contributed by atoms with Gasteiger partial charge in [-0.3, -0.25) is 9.78 Å². The third-order valence-corrected chi connectivity index (χ3v) is 2.64. The second kappa shape index (κ2) is 4.75. The first kappa shape index (κ1) is 10.6. The Hall–Kier alpha value is -1.90. The van der Waals surface area contributed by atoms with Crippen molar-refractivity contribution >= 4 is 11.5 Å². The Kier molecular flexibility index (Phi) is 3.15. The van der Waals surface area contributed by atoms with Gasteiger partial charge in [-0.05, 0) is 24.1 Å². The summed E-state index contributed by atoms with van der Waals surface area (Å²) in [5, 5.41) is 2.65. The monoisotopic (exact) mass is 214 g/mol. The van der Waals surface area contributed by atoms with Crippen LogP contribution in [0.25, 0.3) is 5.57 Å². The van der Waals surface area contributed by atoms with Crippen molar-refractivity contribution in [1.82, 2.24) is 10.3 Å². The predicted octanol–water partition coefficient (Wildman–Crippen LogP) is 1.79. The first-order chi connectivity index (χ1) is 7.81. The van der Waals surface area contributed by atoms with E-state index in [0.717, 1.165) is 17.7 Å². The molecule has 3 nitrogen and oxygen atoms in total. The Morgan fingerprint density at radius 2 is 2.38 bits per heavy atom. The van der Waals surface area contributed by atoms with Crippen LogP contribution in [0.1, 0.15) is 12.1 Å². The lowest BCUT2D eigenvalue weighted by atomic mass is 9.94. The first-order valence-corrected chi connectivity index (χ1v) is 5.32. The van der Waals surface area contributed by atoms with Crippen molar-refractivity contribution < 1.29 is 4.79 Å². The molecule has 0 aliphatic heterocycles. The maximum atomic E-state index is 11.4. The summed E-state index contributed by atoms with van der Waals surface area (Å²) in [6.07, 6.45) is 8.47. The number of amides is 1. The molecule has 0 aromatic carbocycles. The fraction of sp³-hybridized carbons (Fsp3) is 0.231. The van der Waals surface area contributed by atoms with E-state index in [9.17, 15) is 4.79 Å². The fourth-order valence-corrected chi connectivity index (χ4v) is 1.72. The summed E-state index contributed by atoms with van der Waals surface area (Å²) in [4.78, 5) is 15.7. The number of hydrogen-bond donors (Lipinski definition) is 1. The highest BCUT2D eigenvalue weighted by Gasteiger charge is 2.16. The average molecular weight is 214 g/mol. The van der Waals surface area contributed by atoms with Gasteiger partial charge in [-0.15, -0.1) is 0 Å². The summed E-state index contributed by atoms with van der Waals surface area (Å²) >= 11 is 0. The fourth-order valence-electron chi connectivity index (χ4n) is 1.72. The van der Waals surface area contributed by atoms with Crippen molar-refractivity contribution in [3.05, 3.63) is 48.3 Å². The molecule has 0 saturated heterocycles. The van der Waals surface area contributed by atoms with Gasteiger partial charge in [0.1, 0.15) is 0 Å². The summed E-state index contributed by atoms with van der Waals surface area (Å²) < 4.78 is 0. The van der Waals surface area contributed by atoms with Crippen LogP contribution in [0.15, 0.2) is 42.6 Å². The van der Waals surface area contributed by atoms with Gasteiger partial charge in [0.25, 0.3) is 0 Å². The molecule has 2 rings (SSSR count). The summed E-state index contributed by atoms with van der Waals surface area (Å²) in [5.74, 6) is 0.0185. The van der Waals surface area contributed by atoms with Crippen LogP contribution >= 0.6 is 0 Å². The summed E-state index contributed by atoms with van der Waals surface area (Å²) in [6, 6.07) is 5.82. The van der Waals surface area contributed by atoms with Gasteiger partial charge < -0.3 is 5.32 Å². The molecular weight excluding hydrogens is 200 g/mol. The highest BCUT2D eigenvalue weighted by atomic mass is 16.1. The van der Waals surface area contributed by atoms with E-state index in [2.05, 4.69) is 16.4 Å². The Labute approximate surface area is 94.9 Å². The maximum Gasteiger partial charge on any atom is 0.226 e. The number of pyridine rings is 1. The molecule has 1 amide bonds. The Morgan fingerprint density at radius 1 is 1.50 bits per heavy atom. The van der Waals surface area contributed by atoms with E-state index in [0.29, 0.717) is 0 Å². The van der Waals surface area contributed by atoms with Crippen molar-refractivity contribution in [3.63, 3.8) is 0 Å². The van der Waals surface area contributed by atoms with Crippen molar-refractivity contribution in [2.45, 2.75) is 6.42 Å². The van der Waals surface area contributed by atoms with Gasteiger partial charge in [0, 0.05) is 13.2 Å². The van der Waals surface area contributed by atoms with Gasteiger partial charge in [0.15, 0.2) is 0 Å². The van der Waals surface area contributed by atoms with Gasteiger partial charge in [-0.2, -0.15) is 0 Å². The van der Waals surface area contributed by atoms with Crippen LogP contribution in [-0.2, 0) is 4.79 Å². The SMILES string of the molecule is CNC(=O)C1C=CC(c2ccccn2)=CC1. The number of carbonyl (C=O) groups excluding carboxylic acids is 1. The van der Waals surface area contributed by atoms with Crippen LogP contribution in [0.4, 0.5) is 0 Å². The summed E-state index contributed by atoms with van der Waals surface area (Å²) in [5.41, 5.74) is 2.04. The molecule has 16 heavy (non-hydrogen) atoms. The first-order valence-electron chi connectivity index (χ1n) is 5.32. The van der Waals surface area contributed by atoms with Crippen LogP contribution in [0.3, 0.4) is 0 Å². The molecule has 0 spiro atoms. The third kappa shape index (κ3) is 2.19. The van der Waals surface area contributed by atoms with Crippen LogP contribution in [0.2, 0.25) is 0 Å². The summed E-state index contributed by atoms with van der Waals surface area (Å²) in [7, 11) is 1.66. The molecule has 1 unspecified atom stereocenters. The minimum Gasteiger partial charge on any atom is -0.359 e. The molecule has 1 aliphatic rings. The minimum atomic E-state index is -0.0440. The highest BCUT2D eigenvalue weighted by Crippen LogP contribution is 2.22. The minimum absolute atomic E-state index is 0.0440.